The first-order chi connectivity index (χ1) is 7.99. The number of hydrogen-bond donors (Lipinski definition) is 0. The minimum atomic E-state index is -1.01. The summed E-state index contributed by atoms with van der Waals surface area (Å²) in [6.07, 6.45) is 12.6. The van der Waals surface area contributed by atoms with Gasteiger partial charge in [-0.15, -0.1) is 11.8 Å². The van der Waals surface area contributed by atoms with E-state index in [4.69, 9.17) is 0 Å². The lowest BCUT2D eigenvalue weighted by atomic mass is 10.1. The molecule has 96 valence electrons. The Hall–Kier alpha value is -0.213. The summed E-state index contributed by atoms with van der Waals surface area (Å²) in [7, 11) is -1.01. The predicted molar refractivity (Wildman–Crippen MR) is 85.2 cm³/mol. The van der Waals surface area contributed by atoms with Crippen LogP contribution in [-0.4, -0.2) is 12.9 Å². The summed E-state index contributed by atoms with van der Waals surface area (Å²) >= 11 is 2.17. The van der Waals surface area contributed by atoms with Crippen molar-refractivity contribution in [3.8, 4) is 0 Å². The molecule has 2 heteroatoms. The van der Waals surface area contributed by atoms with Gasteiger partial charge in [-0.25, -0.2) is 0 Å². The number of rotatable bonds is 5. The Morgan fingerprint density at radius 2 is 1.71 bits per heavy atom. The van der Waals surface area contributed by atoms with E-state index in [-0.39, 0.29) is 0 Å². The van der Waals surface area contributed by atoms with E-state index in [0.717, 1.165) is 17.7 Å². The van der Waals surface area contributed by atoms with Crippen molar-refractivity contribution in [1.29, 1.82) is 0 Å². The zero-order valence-corrected chi connectivity index (χ0v) is 13.7. The Kier molecular flexibility index (Phi) is 5.81. The van der Waals surface area contributed by atoms with Crippen molar-refractivity contribution >= 4 is 19.8 Å². The maximum absolute atomic E-state index is 2.50. The first-order valence-electron chi connectivity index (χ1n) is 6.59. The second-order valence-corrected chi connectivity index (χ2v) is 12.9. The van der Waals surface area contributed by atoms with E-state index in [1.54, 1.807) is 10.5 Å². The van der Waals surface area contributed by atoms with E-state index in [1.807, 2.05) is 0 Å². The lowest BCUT2D eigenvalue weighted by Crippen LogP contribution is -2.34. The molecule has 0 fully saturated rings. The lowest BCUT2D eigenvalue weighted by Gasteiger charge is -2.24. The van der Waals surface area contributed by atoms with Gasteiger partial charge in [-0.3, -0.25) is 0 Å². The van der Waals surface area contributed by atoms with Crippen LogP contribution in [0.3, 0.4) is 0 Å². The molecular weight excluding hydrogens is 240 g/mol. The quantitative estimate of drug-likeness (QED) is 0.464. The molecule has 0 aliphatic carbocycles. The second kappa shape index (κ2) is 6.65. The SMILES string of the molecule is CC=CCC1=C(CC=CC)SC([Si](C)(C)C)C1. The average Bonchev–Trinajstić information content (AvgIpc) is 2.66. The summed E-state index contributed by atoms with van der Waals surface area (Å²) in [4.78, 5) is 2.54. The maximum atomic E-state index is 2.50. The van der Waals surface area contributed by atoms with Gasteiger partial charge in [0.25, 0.3) is 0 Å². The third-order valence-corrected chi connectivity index (χ3v) is 9.02. The van der Waals surface area contributed by atoms with Gasteiger partial charge in [0.15, 0.2) is 0 Å². The molecule has 1 rings (SSSR count). The fraction of sp³-hybridized carbons (Fsp3) is 0.600. The Balaban J connectivity index is 2.75. The topological polar surface area (TPSA) is 0 Å². The highest BCUT2D eigenvalue weighted by Crippen LogP contribution is 2.44. The Bertz CT molecular complexity index is 305. The standard InChI is InChI=1S/C15H26SSi/c1-6-8-10-13-12-15(17(3,4)5)16-14(13)11-9-7-2/h6-9,15H,10-12H2,1-5H3. The van der Waals surface area contributed by atoms with Crippen LogP contribution in [0.2, 0.25) is 19.6 Å². The first-order valence-corrected chi connectivity index (χ1v) is 11.0. The van der Waals surface area contributed by atoms with Crippen LogP contribution < -0.4 is 0 Å². The highest BCUT2D eigenvalue weighted by Gasteiger charge is 2.33. The molecule has 0 aromatic heterocycles. The van der Waals surface area contributed by atoms with E-state index in [9.17, 15) is 0 Å². The van der Waals surface area contributed by atoms with Gasteiger partial charge in [-0.2, -0.15) is 0 Å². The summed E-state index contributed by atoms with van der Waals surface area (Å²) in [5.74, 6) is 0. The van der Waals surface area contributed by atoms with Crippen LogP contribution in [-0.2, 0) is 0 Å². The van der Waals surface area contributed by atoms with Crippen LogP contribution in [0.25, 0.3) is 0 Å². The molecule has 0 radical (unpaired) electrons. The zero-order chi connectivity index (χ0) is 12.9. The Labute approximate surface area is 112 Å². The number of thioether (sulfide) groups is 1. The largest absolute Gasteiger partial charge is 0.130 e. The molecule has 0 spiro atoms. The molecule has 0 nitrogen and oxygen atoms in total. The van der Waals surface area contributed by atoms with Crippen LogP contribution in [0.1, 0.15) is 33.1 Å². The molecule has 1 aliphatic rings. The summed E-state index contributed by atoms with van der Waals surface area (Å²) in [5.41, 5.74) is 1.69. The molecule has 17 heavy (non-hydrogen) atoms. The molecule has 0 aromatic carbocycles. The molecule has 1 unspecified atom stereocenters. The van der Waals surface area contributed by atoms with Crippen LogP contribution in [0, 0.1) is 0 Å². The van der Waals surface area contributed by atoms with Crippen molar-refractivity contribution in [1.82, 2.24) is 0 Å². The molecule has 1 aliphatic heterocycles. The first kappa shape index (κ1) is 14.8. The van der Waals surface area contributed by atoms with E-state index >= 15 is 0 Å². The van der Waals surface area contributed by atoms with Gasteiger partial charge in [0.2, 0.25) is 0 Å². The van der Waals surface area contributed by atoms with Crippen molar-refractivity contribution in [3.05, 3.63) is 34.8 Å². The van der Waals surface area contributed by atoms with Gasteiger partial charge in [0, 0.05) is 4.87 Å². The molecule has 1 atom stereocenters. The Morgan fingerprint density at radius 3 is 2.24 bits per heavy atom. The summed E-state index contributed by atoms with van der Waals surface area (Å²) in [6, 6.07) is 0. The minimum absolute atomic E-state index is 0.892. The highest BCUT2D eigenvalue weighted by atomic mass is 32.2. The fourth-order valence-corrected chi connectivity index (χ4v) is 5.85. The van der Waals surface area contributed by atoms with Gasteiger partial charge in [-0.1, -0.05) is 49.5 Å². The molecule has 0 N–H and O–H groups in total. The van der Waals surface area contributed by atoms with E-state index in [2.05, 4.69) is 69.6 Å². The van der Waals surface area contributed by atoms with Gasteiger partial charge >= 0.3 is 0 Å². The zero-order valence-electron chi connectivity index (χ0n) is 11.9. The number of allylic oxidation sites excluding steroid dienone is 6. The van der Waals surface area contributed by atoms with Crippen LogP contribution >= 0.6 is 11.8 Å². The minimum Gasteiger partial charge on any atom is -0.130 e. The summed E-state index contributed by atoms with van der Waals surface area (Å²) < 4.78 is 0. The van der Waals surface area contributed by atoms with Gasteiger partial charge in [-0.05, 0) is 38.0 Å². The third-order valence-electron chi connectivity index (χ3n) is 3.22. The monoisotopic (exact) mass is 266 g/mol. The second-order valence-electron chi connectivity index (χ2n) is 5.75. The number of hydrogen-bond acceptors (Lipinski definition) is 1. The molecule has 0 saturated carbocycles. The summed E-state index contributed by atoms with van der Waals surface area (Å²) in [5, 5.41) is 0. The molecule has 0 bridgehead atoms. The van der Waals surface area contributed by atoms with E-state index < -0.39 is 8.07 Å². The lowest BCUT2D eigenvalue weighted by molar-refractivity contribution is 0.988. The van der Waals surface area contributed by atoms with E-state index in [1.165, 1.54) is 6.42 Å². The molecule has 0 amide bonds. The van der Waals surface area contributed by atoms with Crippen molar-refractivity contribution in [2.24, 2.45) is 0 Å². The molecule has 0 saturated heterocycles. The highest BCUT2D eigenvalue weighted by molar-refractivity contribution is 8.05. The van der Waals surface area contributed by atoms with Crippen LogP contribution in [0.15, 0.2) is 34.8 Å². The Morgan fingerprint density at radius 1 is 1.12 bits per heavy atom. The smallest absolute Gasteiger partial charge is 0.0595 e. The molecule has 1 heterocycles. The molecule has 0 aromatic rings. The van der Waals surface area contributed by atoms with Crippen molar-refractivity contribution in [3.63, 3.8) is 0 Å². The van der Waals surface area contributed by atoms with Crippen molar-refractivity contribution in [2.45, 2.75) is 57.6 Å². The predicted octanol–water partition coefficient (Wildman–Crippen LogP) is 5.56. The summed E-state index contributed by atoms with van der Waals surface area (Å²) in [6.45, 7) is 11.7. The van der Waals surface area contributed by atoms with Crippen molar-refractivity contribution in [2.75, 3.05) is 0 Å². The van der Waals surface area contributed by atoms with Crippen LogP contribution in [0.5, 0.6) is 0 Å². The van der Waals surface area contributed by atoms with E-state index in [0.29, 0.717) is 0 Å². The molecular formula is C15H26SSi. The third kappa shape index (κ3) is 4.51. The van der Waals surface area contributed by atoms with Gasteiger partial charge in [0.1, 0.15) is 0 Å². The van der Waals surface area contributed by atoms with Crippen molar-refractivity contribution < 1.29 is 0 Å². The maximum Gasteiger partial charge on any atom is 0.0595 e. The van der Waals surface area contributed by atoms with Gasteiger partial charge in [0.05, 0.1) is 8.07 Å². The fourth-order valence-electron chi connectivity index (χ4n) is 1.99. The average molecular weight is 267 g/mol. The van der Waals surface area contributed by atoms with Gasteiger partial charge < -0.3 is 0 Å². The normalized spacial score (nSPS) is 22.3. The van der Waals surface area contributed by atoms with Crippen LogP contribution in [0.4, 0.5) is 0 Å².